The lowest BCUT2D eigenvalue weighted by Crippen LogP contribution is -2.27. The molecule has 1 aliphatic heterocycles. The first kappa shape index (κ1) is 19.1. The highest BCUT2D eigenvalue weighted by Gasteiger charge is 2.38. The maximum absolute atomic E-state index is 12.9. The van der Waals surface area contributed by atoms with Crippen molar-refractivity contribution in [3.8, 4) is 0 Å². The monoisotopic (exact) mass is 354 g/mol. The Hall–Kier alpha value is -1.28. The van der Waals surface area contributed by atoms with Gasteiger partial charge in [-0.25, -0.2) is 0 Å². The normalized spacial score (nSPS) is 21.2. The first-order valence-electron chi connectivity index (χ1n) is 7.70. The van der Waals surface area contributed by atoms with E-state index >= 15 is 0 Å². The van der Waals surface area contributed by atoms with E-state index in [9.17, 15) is 26.3 Å². The molecule has 2 nitrogen and oxygen atoms in total. The zero-order valence-corrected chi connectivity index (χ0v) is 13.4. The molecule has 2 rings (SSSR count). The van der Waals surface area contributed by atoms with Crippen LogP contribution in [0.5, 0.6) is 0 Å². The van der Waals surface area contributed by atoms with Crippen LogP contribution in [0.15, 0.2) is 18.2 Å². The third kappa shape index (κ3) is 4.42. The van der Waals surface area contributed by atoms with E-state index in [0.29, 0.717) is 19.0 Å². The molecule has 1 aromatic rings. The summed E-state index contributed by atoms with van der Waals surface area (Å²) in [4.78, 5) is 1.93. The highest BCUT2D eigenvalue weighted by Crippen LogP contribution is 2.38. The predicted octanol–water partition coefficient (Wildman–Crippen LogP) is 4.33. The van der Waals surface area contributed by atoms with Crippen molar-refractivity contribution < 1.29 is 26.3 Å². The van der Waals surface area contributed by atoms with Crippen molar-refractivity contribution >= 4 is 0 Å². The van der Waals surface area contributed by atoms with Crippen LogP contribution in [0.3, 0.4) is 0 Å². The molecule has 1 saturated heterocycles. The van der Waals surface area contributed by atoms with Crippen LogP contribution in [-0.2, 0) is 12.4 Å². The predicted molar refractivity (Wildman–Crippen MR) is 78.5 cm³/mol. The van der Waals surface area contributed by atoms with Gasteiger partial charge in [-0.1, -0.05) is 0 Å². The Labute approximate surface area is 136 Å². The molecule has 1 aliphatic rings. The van der Waals surface area contributed by atoms with Crippen LogP contribution in [0, 0.1) is 5.92 Å². The summed E-state index contributed by atoms with van der Waals surface area (Å²) in [6, 6.07) is 1.32. The third-order valence-electron chi connectivity index (χ3n) is 4.45. The van der Waals surface area contributed by atoms with Crippen LogP contribution in [0.4, 0.5) is 26.3 Å². The molecule has 2 atom stereocenters. The second-order valence-electron chi connectivity index (χ2n) is 6.22. The Morgan fingerprint density at radius 1 is 1.08 bits per heavy atom. The minimum absolute atomic E-state index is 0.0438. The van der Waals surface area contributed by atoms with Crippen molar-refractivity contribution in [3.63, 3.8) is 0 Å². The summed E-state index contributed by atoms with van der Waals surface area (Å²) in [5.41, 5.74) is -2.47. The van der Waals surface area contributed by atoms with Gasteiger partial charge in [0.25, 0.3) is 0 Å². The van der Waals surface area contributed by atoms with Crippen molar-refractivity contribution in [2.45, 2.75) is 31.7 Å². The average molecular weight is 354 g/mol. The summed E-state index contributed by atoms with van der Waals surface area (Å²) in [5, 5.41) is 3.04. The molecule has 8 heteroatoms. The number of halogens is 6. The molecule has 1 heterocycles. The van der Waals surface area contributed by atoms with E-state index < -0.39 is 29.5 Å². The van der Waals surface area contributed by atoms with E-state index in [2.05, 4.69) is 5.32 Å². The van der Waals surface area contributed by atoms with Crippen LogP contribution < -0.4 is 5.32 Å². The number of nitrogens with zero attached hydrogens (tertiary/aromatic N) is 1. The van der Waals surface area contributed by atoms with Crippen LogP contribution in [-0.4, -0.2) is 31.6 Å². The Balaban J connectivity index is 2.32. The molecule has 24 heavy (non-hydrogen) atoms. The Morgan fingerprint density at radius 2 is 1.62 bits per heavy atom. The molecular formula is C16H20F6N2. The molecule has 0 radical (unpaired) electrons. The van der Waals surface area contributed by atoms with Gasteiger partial charge in [0.15, 0.2) is 0 Å². The Bertz CT molecular complexity index is 534. The number of benzene rings is 1. The molecule has 1 N–H and O–H groups in total. The summed E-state index contributed by atoms with van der Waals surface area (Å²) < 4.78 is 77.7. The minimum atomic E-state index is -4.81. The lowest BCUT2D eigenvalue weighted by molar-refractivity contribution is -0.143. The highest BCUT2D eigenvalue weighted by atomic mass is 19.4. The second kappa shape index (κ2) is 6.92. The van der Waals surface area contributed by atoms with E-state index in [1.54, 1.807) is 6.92 Å². The summed E-state index contributed by atoms with van der Waals surface area (Å²) in [5.74, 6) is 0.352. The van der Waals surface area contributed by atoms with E-state index in [4.69, 9.17) is 0 Å². The van der Waals surface area contributed by atoms with Crippen molar-refractivity contribution in [2.75, 3.05) is 26.7 Å². The number of alkyl halides is 6. The van der Waals surface area contributed by atoms with Gasteiger partial charge in [-0.3, -0.25) is 4.90 Å². The topological polar surface area (TPSA) is 15.3 Å². The van der Waals surface area contributed by atoms with Crippen molar-refractivity contribution in [1.82, 2.24) is 10.2 Å². The van der Waals surface area contributed by atoms with E-state index in [1.807, 2.05) is 11.9 Å². The van der Waals surface area contributed by atoms with Gasteiger partial charge in [-0.05, 0) is 63.2 Å². The van der Waals surface area contributed by atoms with Gasteiger partial charge in [0.1, 0.15) is 0 Å². The maximum atomic E-state index is 12.9. The average Bonchev–Trinajstić information content (AvgIpc) is 2.93. The molecule has 0 saturated carbocycles. The Morgan fingerprint density at radius 3 is 2.08 bits per heavy atom. The molecule has 0 aliphatic carbocycles. The number of hydrogen-bond donors (Lipinski definition) is 1. The number of rotatable bonds is 4. The summed E-state index contributed by atoms with van der Waals surface area (Å²) in [6.45, 7) is 3.74. The van der Waals surface area contributed by atoms with Crippen molar-refractivity contribution in [1.29, 1.82) is 0 Å². The molecule has 0 bridgehead atoms. The molecule has 0 spiro atoms. The lowest BCUT2D eigenvalue weighted by Gasteiger charge is -2.26. The van der Waals surface area contributed by atoms with Gasteiger partial charge in [0.05, 0.1) is 11.1 Å². The van der Waals surface area contributed by atoms with Crippen LogP contribution in [0.2, 0.25) is 0 Å². The minimum Gasteiger partial charge on any atom is -0.319 e. The largest absolute Gasteiger partial charge is 0.416 e. The van der Waals surface area contributed by atoms with Gasteiger partial charge in [0, 0.05) is 12.6 Å². The molecule has 0 amide bonds. The third-order valence-corrected chi connectivity index (χ3v) is 4.45. The fourth-order valence-corrected chi connectivity index (χ4v) is 3.10. The Kier molecular flexibility index (Phi) is 5.49. The van der Waals surface area contributed by atoms with Crippen LogP contribution in [0.1, 0.15) is 36.1 Å². The van der Waals surface area contributed by atoms with Gasteiger partial charge < -0.3 is 5.32 Å². The first-order valence-corrected chi connectivity index (χ1v) is 7.70. The van der Waals surface area contributed by atoms with Crippen molar-refractivity contribution in [2.24, 2.45) is 5.92 Å². The summed E-state index contributed by atoms with van der Waals surface area (Å²) >= 11 is 0. The van der Waals surface area contributed by atoms with E-state index in [0.717, 1.165) is 25.1 Å². The quantitative estimate of drug-likeness (QED) is 0.810. The standard InChI is InChI=1S/C16H20F6N2/c1-10(24-4-3-11(9-24)8-23-2)12-5-13(15(17,18)19)7-14(6-12)16(20,21)22/h5-7,10-11,23H,3-4,8-9H2,1-2H3. The van der Waals surface area contributed by atoms with E-state index in [-0.39, 0.29) is 11.6 Å². The van der Waals surface area contributed by atoms with Crippen LogP contribution >= 0.6 is 0 Å². The number of hydrogen-bond acceptors (Lipinski definition) is 2. The van der Waals surface area contributed by atoms with Crippen LogP contribution in [0.25, 0.3) is 0 Å². The lowest BCUT2D eigenvalue weighted by atomic mass is 9.99. The molecule has 0 aromatic heterocycles. The zero-order valence-electron chi connectivity index (χ0n) is 13.4. The van der Waals surface area contributed by atoms with Gasteiger partial charge >= 0.3 is 12.4 Å². The maximum Gasteiger partial charge on any atom is 0.416 e. The molecular weight excluding hydrogens is 334 g/mol. The molecule has 2 unspecified atom stereocenters. The SMILES string of the molecule is CNCC1CCN(C(C)c2cc(C(F)(F)F)cc(C(F)(F)F)c2)C1. The highest BCUT2D eigenvalue weighted by molar-refractivity contribution is 5.35. The zero-order chi connectivity index (χ0) is 18.1. The summed E-state index contributed by atoms with van der Waals surface area (Å²) in [7, 11) is 1.81. The number of likely N-dealkylation sites (tertiary alicyclic amines) is 1. The second-order valence-corrected chi connectivity index (χ2v) is 6.22. The number of nitrogens with one attached hydrogen (secondary N) is 1. The van der Waals surface area contributed by atoms with Gasteiger partial charge in [0.2, 0.25) is 0 Å². The van der Waals surface area contributed by atoms with E-state index in [1.165, 1.54) is 0 Å². The molecule has 1 fully saturated rings. The fraction of sp³-hybridized carbons (Fsp3) is 0.625. The van der Waals surface area contributed by atoms with Crippen molar-refractivity contribution in [3.05, 3.63) is 34.9 Å². The smallest absolute Gasteiger partial charge is 0.319 e. The first-order chi connectivity index (χ1) is 11.0. The summed E-state index contributed by atoms with van der Waals surface area (Å²) in [6.07, 6.45) is -8.75. The van der Waals surface area contributed by atoms with Gasteiger partial charge in [-0.15, -0.1) is 0 Å². The molecule has 136 valence electrons. The fourth-order valence-electron chi connectivity index (χ4n) is 3.10. The van der Waals surface area contributed by atoms with Gasteiger partial charge in [-0.2, -0.15) is 26.3 Å². The molecule has 1 aromatic carbocycles.